The van der Waals surface area contributed by atoms with Crippen molar-refractivity contribution < 1.29 is 4.74 Å². The normalized spacial score (nSPS) is 14.9. The number of nitrogens with zero attached hydrogens (tertiary/aromatic N) is 1. The molecule has 1 saturated carbocycles. The van der Waals surface area contributed by atoms with Crippen LogP contribution in [0.25, 0.3) is 10.9 Å². The van der Waals surface area contributed by atoms with E-state index >= 15 is 0 Å². The topological polar surface area (TPSA) is 60.2 Å². The maximum absolute atomic E-state index is 5.58. The summed E-state index contributed by atoms with van der Waals surface area (Å²) in [5.74, 6) is 6.97. The van der Waals surface area contributed by atoms with Gasteiger partial charge in [-0.3, -0.25) is 5.84 Å². The van der Waals surface area contributed by atoms with E-state index in [4.69, 9.17) is 15.6 Å². The second-order valence-electron chi connectivity index (χ2n) is 4.37. The average molecular weight is 229 g/mol. The molecule has 1 aromatic carbocycles. The smallest absolute Gasteiger partial charge is 0.145 e. The number of anilines is 1. The standard InChI is InChI=1S/C13H15N3O/c1-17-12-4-2-3-9-11(16-14)7-10(8-5-6-8)15-13(9)12/h2-4,7-8H,5-6,14H2,1H3,(H,15,16). The van der Waals surface area contributed by atoms with Gasteiger partial charge in [0.1, 0.15) is 11.3 Å². The van der Waals surface area contributed by atoms with Crippen LogP contribution in [0.15, 0.2) is 24.3 Å². The van der Waals surface area contributed by atoms with Gasteiger partial charge >= 0.3 is 0 Å². The Bertz CT molecular complexity index is 564. The fourth-order valence-electron chi connectivity index (χ4n) is 2.11. The Labute approximate surface area is 99.8 Å². The molecule has 0 amide bonds. The lowest BCUT2D eigenvalue weighted by Gasteiger charge is -2.11. The Kier molecular flexibility index (Phi) is 2.37. The van der Waals surface area contributed by atoms with Crippen LogP contribution in [-0.4, -0.2) is 12.1 Å². The van der Waals surface area contributed by atoms with Gasteiger partial charge in [0, 0.05) is 17.0 Å². The van der Waals surface area contributed by atoms with Crippen LogP contribution in [0.2, 0.25) is 0 Å². The molecule has 4 heteroatoms. The zero-order valence-electron chi connectivity index (χ0n) is 9.73. The first-order chi connectivity index (χ1) is 8.33. The molecular formula is C13H15N3O. The Morgan fingerprint density at radius 2 is 2.24 bits per heavy atom. The molecular weight excluding hydrogens is 214 g/mol. The van der Waals surface area contributed by atoms with Crippen LogP contribution in [0.3, 0.4) is 0 Å². The van der Waals surface area contributed by atoms with Crippen molar-refractivity contribution in [2.45, 2.75) is 18.8 Å². The van der Waals surface area contributed by atoms with Gasteiger partial charge < -0.3 is 10.2 Å². The van der Waals surface area contributed by atoms with Crippen LogP contribution in [0.1, 0.15) is 24.5 Å². The Hall–Kier alpha value is -1.81. The quantitative estimate of drug-likeness (QED) is 0.626. The van der Waals surface area contributed by atoms with Crippen LogP contribution in [-0.2, 0) is 0 Å². The third-order valence-corrected chi connectivity index (χ3v) is 3.19. The monoisotopic (exact) mass is 229 g/mol. The van der Waals surface area contributed by atoms with Crippen molar-refractivity contribution in [1.29, 1.82) is 0 Å². The Balaban J connectivity index is 2.28. The van der Waals surface area contributed by atoms with Crippen LogP contribution in [0.5, 0.6) is 5.75 Å². The summed E-state index contributed by atoms with van der Waals surface area (Å²) in [6.45, 7) is 0. The van der Waals surface area contributed by atoms with E-state index in [9.17, 15) is 0 Å². The number of aromatic nitrogens is 1. The molecule has 88 valence electrons. The number of benzene rings is 1. The number of hydrogen-bond donors (Lipinski definition) is 2. The second kappa shape index (κ2) is 3.89. The molecule has 1 heterocycles. The van der Waals surface area contributed by atoms with E-state index in [1.165, 1.54) is 12.8 Å². The summed E-state index contributed by atoms with van der Waals surface area (Å²) in [6.07, 6.45) is 2.44. The molecule has 3 N–H and O–H groups in total. The maximum atomic E-state index is 5.58. The SMILES string of the molecule is COc1cccc2c(NN)cc(C3CC3)nc12. The van der Waals surface area contributed by atoms with E-state index < -0.39 is 0 Å². The number of nitrogens with two attached hydrogens (primary N) is 1. The molecule has 0 atom stereocenters. The largest absolute Gasteiger partial charge is 0.494 e. The van der Waals surface area contributed by atoms with Gasteiger partial charge in [-0.25, -0.2) is 4.98 Å². The van der Waals surface area contributed by atoms with Gasteiger partial charge in [0.2, 0.25) is 0 Å². The zero-order valence-corrected chi connectivity index (χ0v) is 9.73. The van der Waals surface area contributed by atoms with Crippen LogP contribution in [0.4, 0.5) is 5.69 Å². The van der Waals surface area contributed by atoms with Crippen LogP contribution >= 0.6 is 0 Å². The van der Waals surface area contributed by atoms with Gasteiger partial charge in [0.15, 0.2) is 0 Å². The maximum Gasteiger partial charge on any atom is 0.145 e. The van der Waals surface area contributed by atoms with Crippen molar-refractivity contribution in [1.82, 2.24) is 4.98 Å². The lowest BCUT2D eigenvalue weighted by molar-refractivity contribution is 0.419. The highest BCUT2D eigenvalue weighted by Crippen LogP contribution is 2.41. The van der Waals surface area contributed by atoms with Crippen LogP contribution < -0.4 is 16.0 Å². The summed E-state index contributed by atoms with van der Waals surface area (Å²) in [7, 11) is 1.66. The van der Waals surface area contributed by atoms with Gasteiger partial charge in [0.25, 0.3) is 0 Å². The first-order valence-corrected chi connectivity index (χ1v) is 5.77. The van der Waals surface area contributed by atoms with Crippen molar-refractivity contribution in [3.8, 4) is 5.75 Å². The fraction of sp³-hybridized carbons (Fsp3) is 0.308. The first kappa shape index (κ1) is 10.4. The molecule has 2 aromatic rings. The number of para-hydroxylation sites is 1. The number of nitrogen functional groups attached to an aromatic ring is 1. The molecule has 1 fully saturated rings. The highest BCUT2D eigenvalue weighted by atomic mass is 16.5. The highest BCUT2D eigenvalue weighted by molar-refractivity contribution is 5.95. The molecule has 1 aliphatic carbocycles. The predicted molar refractivity (Wildman–Crippen MR) is 68.1 cm³/mol. The lowest BCUT2D eigenvalue weighted by Crippen LogP contribution is -2.08. The molecule has 3 rings (SSSR count). The van der Waals surface area contributed by atoms with E-state index in [2.05, 4.69) is 5.43 Å². The minimum atomic E-state index is 0.594. The number of methoxy groups -OCH3 is 1. The number of hydrazine groups is 1. The van der Waals surface area contributed by atoms with Crippen molar-refractivity contribution in [3.05, 3.63) is 30.0 Å². The Morgan fingerprint density at radius 1 is 1.41 bits per heavy atom. The van der Waals surface area contributed by atoms with Gasteiger partial charge in [-0.15, -0.1) is 0 Å². The van der Waals surface area contributed by atoms with E-state index in [-0.39, 0.29) is 0 Å². The average Bonchev–Trinajstić information content (AvgIpc) is 3.20. The number of nitrogens with one attached hydrogen (secondary N) is 1. The van der Waals surface area contributed by atoms with Gasteiger partial charge in [-0.05, 0) is 25.0 Å². The molecule has 1 aliphatic rings. The minimum Gasteiger partial charge on any atom is -0.494 e. The summed E-state index contributed by atoms with van der Waals surface area (Å²) in [4.78, 5) is 4.70. The van der Waals surface area contributed by atoms with Gasteiger partial charge in [0.05, 0.1) is 12.8 Å². The van der Waals surface area contributed by atoms with Crippen molar-refractivity contribution in [2.24, 2.45) is 5.84 Å². The summed E-state index contributed by atoms with van der Waals surface area (Å²) >= 11 is 0. The third-order valence-electron chi connectivity index (χ3n) is 3.19. The molecule has 0 unspecified atom stereocenters. The van der Waals surface area contributed by atoms with E-state index in [1.807, 2.05) is 24.3 Å². The predicted octanol–water partition coefficient (Wildman–Crippen LogP) is 2.41. The second-order valence-corrected chi connectivity index (χ2v) is 4.37. The van der Waals surface area contributed by atoms with E-state index in [0.29, 0.717) is 5.92 Å². The molecule has 0 radical (unpaired) electrons. The molecule has 0 spiro atoms. The highest BCUT2D eigenvalue weighted by Gasteiger charge is 2.26. The lowest BCUT2D eigenvalue weighted by atomic mass is 10.1. The molecule has 0 bridgehead atoms. The minimum absolute atomic E-state index is 0.594. The zero-order chi connectivity index (χ0) is 11.8. The summed E-state index contributed by atoms with van der Waals surface area (Å²) in [5, 5.41) is 0.997. The number of pyridine rings is 1. The fourth-order valence-corrected chi connectivity index (χ4v) is 2.11. The summed E-state index contributed by atoms with van der Waals surface area (Å²) in [5.41, 5.74) is 5.65. The Morgan fingerprint density at radius 3 is 2.88 bits per heavy atom. The van der Waals surface area contributed by atoms with Crippen LogP contribution in [0, 0.1) is 0 Å². The summed E-state index contributed by atoms with van der Waals surface area (Å²) < 4.78 is 5.35. The number of ether oxygens (including phenoxy) is 1. The molecule has 17 heavy (non-hydrogen) atoms. The third kappa shape index (κ3) is 1.70. The van der Waals surface area contributed by atoms with E-state index in [1.54, 1.807) is 7.11 Å². The number of fused-ring (bicyclic) bond motifs is 1. The molecule has 0 aliphatic heterocycles. The van der Waals surface area contributed by atoms with Crippen molar-refractivity contribution >= 4 is 16.6 Å². The summed E-state index contributed by atoms with van der Waals surface area (Å²) in [6, 6.07) is 7.91. The van der Waals surface area contributed by atoms with Gasteiger partial charge in [-0.1, -0.05) is 12.1 Å². The molecule has 4 nitrogen and oxygen atoms in total. The molecule has 1 aromatic heterocycles. The van der Waals surface area contributed by atoms with Crippen molar-refractivity contribution in [2.75, 3.05) is 12.5 Å². The van der Waals surface area contributed by atoms with E-state index in [0.717, 1.165) is 28.0 Å². The molecule has 0 saturated heterocycles. The van der Waals surface area contributed by atoms with Gasteiger partial charge in [-0.2, -0.15) is 0 Å². The van der Waals surface area contributed by atoms with Crippen molar-refractivity contribution in [3.63, 3.8) is 0 Å². The number of rotatable bonds is 3. The number of hydrogen-bond acceptors (Lipinski definition) is 4. The first-order valence-electron chi connectivity index (χ1n) is 5.77.